The molecule has 14 aromatic rings. The smallest absolute Gasteiger partial charge is 0.269 e. The third-order valence-corrected chi connectivity index (χ3v) is 20.4. The van der Waals surface area contributed by atoms with Crippen molar-refractivity contribution >= 4 is 61.7 Å². The normalized spacial score (nSPS) is 15.6. The number of fused-ring (bicyclic) bond motifs is 10. The molecule has 4 heterocycles. The van der Waals surface area contributed by atoms with Crippen molar-refractivity contribution in [1.82, 2.24) is 14.1 Å². The lowest BCUT2D eigenvalue weighted by Gasteiger charge is -2.35. The molecule has 1 aliphatic rings. The summed E-state index contributed by atoms with van der Waals surface area (Å²) in [5.41, 5.74) is 6.55. The van der Waals surface area contributed by atoms with E-state index in [9.17, 15) is 19.2 Å². The highest BCUT2D eigenvalue weighted by Gasteiger charge is 2.43. The maximum Gasteiger partial charge on any atom is 0.269 e. The minimum atomic E-state index is -5.93. The Morgan fingerprint density at radius 3 is 1.76 bits per heavy atom. The number of aromatic nitrogens is 4. The first-order chi connectivity index (χ1) is 50.2. The fraction of sp³-hybridized carbons (Fsp3) is 0.100. The van der Waals surface area contributed by atoms with Gasteiger partial charge < -0.3 is 4.74 Å². The predicted octanol–water partition coefficient (Wildman–Crippen LogP) is 16.9. The Labute approximate surface area is 532 Å². The van der Waals surface area contributed by atoms with Gasteiger partial charge in [-0.25, -0.2) is 4.98 Å². The van der Waals surface area contributed by atoms with Gasteiger partial charge in [0.25, 0.3) is 6.33 Å². The summed E-state index contributed by atoms with van der Waals surface area (Å²) in [7, 11) is -5.93. The van der Waals surface area contributed by atoms with Crippen LogP contribution in [0.1, 0.15) is 80.1 Å². The number of pyridine rings is 1. The summed E-state index contributed by atoms with van der Waals surface area (Å²) < 4.78 is 203. The highest BCUT2D eigenvalue weighted by atomic mass is 28.3. The molecular formula is C80H64N4OSi. The molecule has 0 N–H and O–H groups in total. The maximum absolute atomic E-state index is 10.1. The van der Waals surface area contributed by atoms with E-state index in [2.05, 4.69) is 43.8 Å². The van der Waals surface area contributed by atoms with Crippen LogP contribution in [-0.2, 0) is 10.8 Å². The summed E-state index contributed by atoms with van der Waals surface area (Å²) in [6, 6.07) is 29.6. The Kier molecular flexibility index (Phi) is 8.43. The summed E-state index contributed by atoms with van der Waals surface area (Å²) in [5, 5.41) is -0.367. The number of nitrogens with zero attached hydrogens (tertiary/aromatic N) is 4. The fourth-order valence-corrected chi connectivity index (χ4v) is 16.3. The monoisotopic (exact) mass is 1140 g/mol. The van der Waals surface area contributed by atoms with Gasteiger partial charge in [0.05, 0.1) is 60.9 Å². The lowest BCUT2D eigenvalue weighted by Crippen LogP contribution is -2.74. The summed E-state index contributed by atoms with van der Waals surface area (Å²) >= 11 is 0. The van der Waals surface area contributed by atoms with Crippen LogP contribution < -0.4 is 30.1 Å². The van der Waals surface area contributed by atoms with E-state index >= 15 is 0 Å². The van der Waals surface area contributed by atoms with Gasteiger partial charge in [-0.3, -0.25) is 13.7 Å². The summed E-state index contributed by atoms with van der Waals surface area (Å²) in [5.74, 6) is 1.47. The lowest BCUT2D eigenvalue weighted by atomic mass is 9.81. The molecule has 3 aromatic heterocycles. The summed E-state index contributed by atoms with van der Waals surface area (Å²) in [4.78, 5) is 4.89. The van der Waals surface area contributed by atoms with Gasteiger partial charge in [-0.15, -0.1) is 0 Å². The molecule has 0 fully saturated rings. The quantitative estimate of drug-likeness (QED) is 0.0625. The Morgan fingerprint density at radius 2 is 1.06 bits per heavy atom. The van der Waals surface area contributed by atoms with Crippen molar-refractivity contribution in [2.45, 2.75) is 52.4 Å². The van der Waals surface area contributed by atoms with E-state index in [1.54, 1.807) is 83.6 Å². The minimum absolute atomic E-state index is 0.129. The van der Waals surface area contributed by atoms with E-state index in [1.807, 2.05) is 92.1 Å². The molecule has 11 aromatic carbocycles. The van der Waals surface area contributed by atoms with Crippen molar-refractivity contribution in [3.8, 4) is 73.2 Å². The predicted molar refractivity (Wildman–Crippen MR) is 359 cm³/mol. The van der Waals surface area contributed by atoms with Crippen LogP contribution in [0.3, 0.4) is 0 Å². The van der Waals surface area contributed by atoms with E-state index in [1.165, 1.54) is 0 Å². The second-order valence-electron chi connectivity index (χ2n) is 23.4. The average molecular weight is 1150 g/mol. The molecule has 5 nitrogen and oxygen atoms in total. The number of benzene rings is 11. The van der Waals surface area contributed by atoms with Crippen LogP contribution in [-0.4, -0.2) is 22.2 Å². The first-order valence-corrected chi connectivity index (χ1v) is 30.2. The van der Waals surface area contributed by atoms with Gasteiger partial charge in [-0.05, 0) is 136 Å². The molecule has 0 saturated carbocycles. The standard InChI is InChI=1S/C80H64N4OSi/c1-79(2,3)55-46-47-81-75(48-55)84-72-43-22-21-37-65(72)66-45-44-58(50-73(66)84)85-57-29-23-28-56(49-57)82-53-83-77-69(41-25-42-71(77)80(4,5)6)68-40-24-39-63(54-26-11-7-12-27-54)76(68)67-38-20-19-36-64(67)70-51-62(52-74(82)78(70)83)86(59-30-13-8-14-31-59,60-32-15-9-16-33-60)61-34-17-10-18-35-61/h7-52H,1-6H3/i7D,8D,9D,10D,11D,12D,13D,14D,15D,16D,17D,18D,26D,27D,30D,31D,32D,33D,34D,35D. The zero-order valence-electron chi connectivity index (χ0n) is 67.7. The largest absolute Gasteiger partial charge is 0.458 e. The van der Waals surface area contributed by atoms with Crippen LogP contribution in [0, 0.1) is 6.33 Å². The summed E-state index contributed by atoms with van der Waals surface area (Å²) in [6.07, 6.45) is 5.55. The van der Waals surface area contributed by atoms with Crippen LogP contribution in [0.25, 0.3) is 94.5 Å². The first-order valence-electron chi connectivity index (χ1n) is 38.2. The third-order valence-electron chi connectivity index (χ3n) is 16.3. The van der Waals surface area contributed by atoms with Gasteiger partial charge in [0.1, 0.15) is 17.3 Å². The topological polar surface area (TPSA) is 35.9 Å². The van der Waals surface area contributed by atoms with Crippen LogP contribution in [0.2, 0.25) is 0 Å². The van der Waals surface area contributed by atoms with Crippen molar-refractivity contribution in [3.05, 3.63) is 296 Å². The molecule has 0 aliphatic carbocycles. The number of ether oxygens (including phenoxy) is 1. The van der Waals surface area contributed by atoms with Gasteiger partial charge >= 0.3 is 0 Å². The molecule has 0 amide bonds. The number of rotatable bonds is 9. The average Bonchev–Trinajstić information content (AvgIpc) is 0.924. The van der Waals surface area contributed by atoms with Crippen LogP contribution in [0.15, 0.2) is 279 Å². The molecule has 0 unspecified atom stereocenters. The van der Waals surface area contributed by atoms with Crippen molar-refractivity contribution < 1.29 is 36.7 Å². The molecule has 15 rings (SSSR count). The van der Waals surface area contributed by atoms with Crippen molar-refractivity contribution in [2.75, 3.05) is 0 Å². The second-order valence-corrected chi connectivity index (χ2v) is 27.0. The van der Waals surface area contributed by atoms with Crippen LogP contribution in [0.5, 0.6) is 11.5 Å². The first kappa shape index (κ1) is 35.2. The Hall–Kier alpha value is -10.1. The van der Waals surface area contributed by atoms with Crippen LogP contribution >= 0.6 is 0 Å². The molecule has 1 aliphatic heterocycles. The molecule has 0 saturated heterocycles. The van der Waals surface area contributed by atoms with Crippen molar-refractivity contribution in [1.29, 1.82) is 0 Å². The Morgan fingerprint density at radius 1 is 0.465 bits per heavy atom. The SMILES string of the molecule is [2H]c1c([2H])c([2H])c(-c2cccc3c2-c2ccccc2-c2cc([Si](c4c([2H])c([2H])c([2H])c([2H])c4[2H])(c4c([2H])c([2H])c([2H])c([2H])c4[2H])c4c([2H])c([2H])c([2H])c([2H])c4[2H])cc4c2[n+]([c-]n4-c2cccc(Oc4ccc5c6ccccc6n(-c6cc(C(C)(C)C)ccn6)c5c4)c2)-c2c-3cccc2C(C)(C)C)c([2H])c1[2H]. The maximum atomic E-state index is 10.1. The van der Waals surface area contributed by atoms with Crippen molar-refractivity contribution in [2.24, 2.45) is 0 Å². The molecular weight excluding hydrogens is 1060 g/mol. The van der Waals surface area contributed by atoms with Gasteiger partial charge in [-0.1, -0.05) is 259 Å². The zero-order chi connectivity index (χ0) is 75.7. The van der Waals surface area contributed by atoms with E-state index in [-0.39, 0.29) is 32.8 Å². The molecule has 6 heteroatoms. The van der Waals surface area contributed by atoms with Gasteiger partial charge in [0.15, 0.2) is 8.07 Å². The van der Waals surface area contributed by atoms with Crippen molar-refractivity contribution in [3.63, 3.8) is 0 Å². The highest BCUT2D eigenvalue weighted by Crippen LogP contribution is 2.49. The lowest BCUT2D eigenvalue weighted by molar-refractivity contribution is -0.572. The Bertz CT molecular complexity index is 5910. The summed E-state index contributed by atoms with van der Waals surface area (Å²) in [6.45, 7) is 12.5. The second kappa shape index (κ2) is 20.6. The number of hydrogen-bond acceptors (Lipinski definition) is 2. The molecule has 414 valence electrons. The molecule has 0 spiro atoms. The molecule has 0 radical (unpaired) electrons. The van der Waals surface area contributed by atoms with Crippen LogP contribution in [0.4, 0.5) is 0 Å². The highest BCUT2D eigenvalue weighted by molar-refractivity contribution is 7.20. The number of hydrogen-bond donors (Lipinski definition) is 0. The molecule has 0 atom stereocenters. The number of para-hydroxylation sites is 2. The Balaban J connectivity index is 1.14. The fourth-order valence-electron chi connectivity index (χ4n) is 12.4. The zero-order valence-corrected chi connectivity index (χ0v) is 48.7. The van der Waals surface area contributed by atoms with Gasteiger partial charge in [0, 0.05) is 23.0 Å². The molecule has 86 heavy (non-hydrogen) atoms. The van der Waals surface area contributed by atoms with E-state index in [0.717, 1.165) is 32.9 Å². The van der Waals surface area contributed by atoms with E-state index in [4.69, 9.17) is 17.9 Å². The van der Waals surface area contributed by atoms with Gasteiger partial charge in [0.2, 0.25) is 0 Å². The van der Waals surface area contributed by atoms with E-state index < -0.39 is 150 Å². The number of imidazole rings is 1. The van der Waals surface area contributed by atoms with Gasteiger partial charge in [-0.2, -0.15) is 0 Å². The molecule has 0 bridgehead atoms. The minimum Gasteiger partial charge on any atom is -0.458 e. The third kappa shape index (κ3) is 8.65. The van der Waals surface area contributed by atoms with E-state index in [0.29, 0.717) is 62.0 Å².